The van der Waals surface area contributed by atoms with E-state index < -0.39 is 23.1 Å². The maximum Gasteiger partial charge on any atom is 0.410 e. The highest BCUT2D eigenvalue weighted by molar-refractivity contribution is 5.89. The average Bonchev–Trinajstić information content (AvgIpc) is 3.23. The molecule has 2 aromatic carbocycles. The van der Waals surface area contributed by atoms with Crippen molar-refractivity contribution in [3.8, 4) is 0 Å². The first-order valence-electron chi connectivity index (χ1n) is 23.0. The Bertz CT molecular complexity index is 1660. The fraction of sp³-hybridized carbons (Fsp3) is 0.640. The van der Waals surface area contributed by atoms with Crippen molar-refractivity contribution in [1.82, 2.24) is 9.80 Å². The number of esters is 2. The highest BCUT2D eigenvalue weighted by Crippen LogP contribution is 2.17. The molecule has 360 valence electrons. The number of carboxylic acid groups (broad SMARTS) is 2. The van der Waals surface area contributed by atoms with Crippen molar-refractivity contribution in [2.45, 2.75) is 168 Å². The molecule has 0 fully saturated rings. The van der Waals surface area contributed by atoms with E-state index in [0.29, 0.717) is 44.6 Å². The summed E-state index contributed by atoms with van der Waals surface area (Å²) in [6.45, 7) is 13.7. The van der Waals surface area contributed by atoms with E-state index in [9.17, 15) is 28.8 Å². The lowest BCUT2D eigenvalue weighted by Crippen LogP contribution is -2.38. The highest BCUT2D eigenvalue weighted by atomic mass is 16.6. The molecule has 0 radical (unpaired) electrons. The maximum atomic E-state index is 12.6. The number of aryl methyl sites for hydroxylation is 2. The molecular formula is C50H78N2O12. The summed E-state index contributed by atoms with van der Waals surface area (Å²) in [6, 6.07) is 14.3. The van der Waals surface area contributed by atoms with Crippen LogP contribution in [0.3, 0.4) is 0 Å². The summed E-state index contributed by atoms with van der Waals surface area (Å²) in [5.41, 5.74) is 1.99. The molecule has 0 saturated heterocycles. The second-order valence-corrected chi connectivity index (χ2v) is 18.0. The summed E-state index contributed by atoms with van der Waals surface area (Å²) in [5.74, 6) is -2.18. The van der Waals surface area contributed by atoms with Gasteiger partial charge in [-0.25, -0.2) is 19.2 Å². The molecule has 14 heteroatoms. The Kier molecular flexibility index (Phi) is 28.1. The molecule has 0 bridgehead atoms. The Hall–Kier alpha value is -5.14. The molecule has 0 saturated carbocycles. The predicted octanol–water partition coefficient (Wildman–Crippen LogP) is 10.9. The van der Waals surface area contributed by atoms with Gasteiger partial charge in [0.2, 0.25) is 0 Å². The molecule has 14 nitrogen and oxygen atoms in total. The number of methoxy groups -OCH3 is 2. The number of aromatic carboxylic acids is 1. The second-order valence-electron chi connectivity index (χ2n) is 18.0. The number of hydrogen-bond acceptors (Lipinski definition) is 10. The summed E-state index contributed by atoms with van der Waals surface area (Å²) < 4.78 is 20.5. The van der Waals surface area contributed by atoms with Crippen LogP contribution in [0.5, 0.6) is 0 Å². The summed E-state index contributed by atoms with van der Waals surface area (Å²) in [7, 11) is 2.78. The largest absolute Gasteiger partial charge is 0.481 e. The highest BCUT2D eigenvalue weighted by Gasteiger charge is 2.23. The van der Waals surface area contributed by atoms with Crippen molar-refractivity contribution < 1.29 is 57.9 Å². The molecule has 0 aromatic heterocycles. The number of benzene rings is 2. The van der Waals surface area contributed by atoms with Gasteiger partial charge in [0.1, 0.15) is 11.2 Å². The number of carboxylic acids is 2. The van der Waals surface area contributed by atoms with Crippen LogP contribution in [0.15, 0.2) is 48.5 Å². The Morgan fingerprint density at radius 1 is 0.469 bits per heavy atom. The molecule has 0 unspecified atom stereocenters. The molecule has 0 atom stereocenters. The summed E-state index contributed by atoms with van der Waals surface area (Å²) in [5, 5.41) is 17.6. The number of nitrogens with zero attached hydrogens (tertiary/aromatic N) is 2. The number of carbonyl (C=O) groups is 6. The molecule has 2 amide bonds. The van der Waals surface area contributed by atoms with Gasteiger partial charge in [0, 0.05) is 39.0 Å². The predicted molar refractivity (Wildman–Crippen MR) is 248 cm³/mol. The standard InChI is InChI=1S/C26H41NO6.C24H37NO6/c1-26(2,3)33-25(30)27(19-11-8-6-7-9-14-23(28)31-4)20-12-10-13-21-15-17-22(18-16-21)24(29)32-5;1-24(2,3)31-23(30)25(17-9-6-4-5-7-12-21(26)27)18-10-8-11-19-13-15-20(16-14-19)22(28)29/h15-18H,6-14,19-20H2,1-5H3;13-16H,4-12,17-18H2,1-3H3,(H,26,27)(H,28,29). The normalized spacial score (nSPS) is 11.1. The SMILES string of the molecule is CC(C)(C)OC(=O)N(CCCCCCCC(=O)O)CCCCc1ccc(C(=O)O)cc1.COC(=O)CCCCCCCN(CCCCc1ccc(C(=O)OC)cc1)C(=O)OC(C)(C)C. The molecule has 2 rings (SSSR count). The topological polar surface area (TPSA) is 186 Å². The fourth-order valence-corrected chi connectivity index (χ4v) is 6.56. The number of hydrogen-bond donors (Lipinski definition) is 2. The van der Waals surface area contributed by atoms with Crippen LogP contribution >= 0.6 is 0 Å². The molecule has 0 heterocycles. The van der Waals surface area contributed by atoms with Gasteiger partial charge in [-0.15, -0.1) is 0 Å². The van der Waals surface area contributed by atoms with E-state index in [0.717, 1.165) is 107 Å². The van der Waals surface area contributed by atoms with Crippen LogP contribution in [0.4, 0.5) is 9.59 Å². The Labute approximate surface area is 382 Å². The van der Waals surface area contributed by atoms with Crippen molar-refractivity contribution in [3.63, 3.8) is 0 Å². The lowest BCUT2D eigenvalue weighted by Gasteiger charge is -2.27. The fourth-order valence-electron chi connectivity index (χ4n) is 6.56. The first-order valence-corrected chi connectivity index (χ1v) is 23.0. The van der Waals surface area contributed by atoms with Crippen LogP contribution in [0.25, 0.3) is 0 Å². The van der Waals surface area contributed by atoms with E-state index >= 15 is 0 Å². The summed E-state index contributed by atoms with van der Waals surface area (Å²) in [4.78, 5) is 72.9. The van der Waals surface area contributed by atoms with E-state index in [-0.39, 0.29) is 36.1 Å². The van der Waals surface area contributed by atoms with Gasteiger partial charge < -0.3 is 39.0 Å². The molecule has 64 heavy (non-hydrogen) atoms. The zero-order valence-corrected chi connectivity index (χ0v) is 40.0. The van der Waals surface area contributed by atoms with Crippen LogP contribution in [-0.4, -0.2) is 108 Å². The third kappa shape index (κ3) is 28.5. The van der Waals surface area contributed by atoms with Crippen molar-refractivity contribution in [1.29, 1.82) is 0 Å². The third-order valence-corrected chi connectivity index (χ3v) is 10.0. The van der Waals surface area contributed by atoms with Gasteiger partial charge in [-0.05, 0) is 141 Å². The number of amides is 2. The van der Waals surface area contributed by atoms with E-state index in [1.165, 1.54) is 14.2 Å². The van der Waals surface area contributed by atoms with Gasteiger partial charge >= 0.3 is 36.1 Å². The molecule has 0 aliphatic carbocycles. The zero-order chi connectivity index (χ0) is 48.0. The van der Waals surface area contributed by atoms with Gasteiger partial charge in [-0.3, -0.25) is 9.59 Å². The monoisotopic (exact) mass is 899 g/mol. The molecule has 0 spiro atoms. The first-order chi connectivity index (χ1) is 30.2. The minimum Gasteiger partial charge on any atom is -0.481 e. The number of rotatable bonds is 28. The Morgan fingerprint density at radius 3 is 1.19 bits per heavy atom. The lowest BCUT2D eigenvalue weighted by molar-refractivity contribution is -0.141. The van der Waals surface area contributed by atoms with E-state index in [2.05, 4.69) is 4.74 Å². The van der Waals surface area contributed by atoms with Gasteiger partial charge in [0.15, 0.2) is 0 Å². The minimum absolute atomic E-state index is 0.162. The molecule has 0 aliphatic rings. The zero-order valence-electron chi connectivity index (χ0n) is 40.0. The van der Waals surface area contributed by atoms with Gasteiger partial charge in [-0.1, -0.05) is 62.8 Å². The smallest absolute Gasteiger partial charge is 0.410 e. The molecule has 2 N–H and O–H groups in total. The summed E-state index contributed by atoms with van der Waals surface area (Å²) in [6.07, 6.45) is 14.5. The number of aliphatic carboxylic acids is 1. The van der Waals surface area contributed by atoms with E-state index in [1.54, 1.807) is 34.1 Å². The maximum absolute atomic E-state index is 12.6. The van der Waals surface area contributed by atoms with Crippen LogP contribution < -0.4 is 0 Å². The molecule has 2 aromatic rings. The van der Waals surface area contributed by atoms with Crippen LogP contribution in [-0.2, 0) is 41.4 Å². The van der Waals surface area contributed by atoms with Crippen molar-refractivity contribution in [2.24, 2.45) is 0 Å². The number of ether oxygens (including phenoxy) is 4. The van der Waals surface area contributed by atoms with Gasteiger partial charge in [0.05, 0.1) is 25.3 Å². The number of unbranched alkanes of at least 4 members (excludes halogenated alkanes) is 10. The van der Waals surface area contributed by atoms with Crippen molar-refractivity contribution >= 4 is 36.1 Å². The van der Waals surface area contributed by atoms with Crippen LogP contribution in [0, 0.1) is 0 Å². The van der Waals surface area contributed by atoms with Crippen molar-refractivity contribution in [2.75, 3.05) is 40.4 Å². The third-order valence-electron chi connectivity index (χ3n) is 10.0. The molecular weight excluding hydrogens is 821 g/mol. The van der Waals surface area contributed by atoms with Crippen LogP contribution in [0.1, 0.15) is 176 Å². The van der Waals surface area contributed by atoms with Crippen molar-refractivity contribution in [3.05, 3.63) is 70.8 Å². The Balaban J connectivity index is 0.000000641. The minimum atomic E-state index is -0.929. The lowest BCUT2D eigenvalue weighted by atomic mass is 10.1. The summed E-state index contributed by atoms with van der Waals surface area (Å²) >= 11 is 0. The quantitative estimate of drug-likeness (QED) is 0.0468. The number of carbonyl (C=O) groups excluding carboxylic acids is 4. The molecule has 0 aliphatic heterocycles. The van der Waals surface area contributed by atoms with Gasteiger partial charge in [-0.2, -0.15) is 0 Å². The second kappa shape index (κ2) is 31.7. The van der Waals surface area contributed by atoms with E-state index in [4.69, 9.17) is 24.4 Å². The van der Waals surface area contributed by atoms with Gasteiger partial charge in [0.25, 0.3) is 0 Å². The first kappa shape index (κ1) is 56.9. The average molecular weight is 899 g/mol. The Morgan fingerprint density at radius 2 is 0.828 bits per heavy atom. The van der Waals surface area contributed by atoms with Crippen LogP contribution in [0.2, 0.25) is 0 Å². The van der Waals surface area contributed by atoms with E-state index in [1.807, 2.05) is 65.8 Å².